The van der Waals surface area contributed by atoms with Crippen LogP contribution < -0.4 is 4.90 Å². The first-order valence-electron chi connectivity index (χ1n) is 22.8. The van der Waals surface area contributed by atoms with Crippen LogP contribution in [0.3, 0.4) is 0 Å². The Balaban J connectivity index is 1.08. The predicted molar refractivity (Wildman–Crippen MR) is 243 cm³/mol. The van der Waals surface area contributed by atoms with E-state index in [1.807, 2.05) is 11.8 Å². The van der Waals surface area contributed by atoms with Gasteiger partial charge in [-0.15, -0.1) is 0 Å². The summed E-state index contributed by atoms with van der Waals surface area (Å²) in [4.78, 5) is 5.66. The molecule has 2 spiro atoms. The van der Waals surface area contributed by atoms with Crippen molar-refractivity contribution in [2.45, 2.75) is 144 Å². The summed E-state index contributed by atoms with van der Waals surface area (Å²) in [5.41, 5.74) is 17.3. The van der Waals surface area contributed by atoms with E-state index in [0.29, 0.717) is 5.41 Å². The summed E-state index contributed by atoms with van der Waals surface area (Å²) in [6.45, 7) is 19.7. The highest BCUT2D eigenvalue weighted by molar-refractivity contribution is 7.99. The molecule has 2 heteroatoms. The predicted octanol–water partition coefficient (Wildman–Crippen LogP) is 15.3. The topological polar surface area (TPSA) is 3.24 Å². The summed E-state index contributed by atoms with van der Waals surface area (Å²) in [6, 6.07) is 41.5. The van der Waals surface area contributed by atoms with E-state index in [1.54, 1.807) is 11.1 Å². The Hall–Kier alpha value is -3.75. The molecule has 6 unspecified atom stereocenters. The van der Waals surface area contributed by atoms with Crippen LogP contribution in [0.5, 0.6) is 0 Å². The summed E-state index contributed by atoms with van der Waals surface area (Å²) in [6.07, 6.45) is 10.7. The molecular weight excluding hydrogens is 719 g/mol. The van der Waals surface area contributed by atoms with E-state index in [1.165, 1.54) is 112 Å². The summed E-state index contributed by atoms with van der Waals surface area (Å²) in [5.74, 6) is 3.36. The van der Waals surface area contributed by atoms with E-state index >= 15 is 0 Å². The maximum absolute atomic E-state index is 2.72. The first-order chi connectivity index (χ1) is 27.6. The fraction of sp³-hybridized carbons (Fsp3) is 0.464. The van der Waals surface area contributed by atoms with Crippen LogP contribution in [0.2, 0.25) is 0 Å². The van der Waals surface area contributed by atoms with Gasteiger partial charge in [0, 0.05) is 32.3 Å². The molecule has 0 aromatic heterocycles. The number of hydrogen-bond donors (Lipinski definition) is 0. The van der Waals surface area contributed by atoms with E-state index in [4.69, 9.17) is 0 Å². The van der Waals surface area contributed by atoms with Crippen molar-refractivity contribution in [2.75, 3.05) is 4.90 Å². The van der Waals surface area contributed by atoms with Crippen molar-refractivity contribution < 1.29 is 0 Å². The van der Waals surface area contributed by atoms with Crippen molar-refractivity contribution >= 4 is 28.8 Å². The Labute approximate surface area is 352 Å². The van der Waals surface area contributed by atoms with Gasteiger partial charge in [0.2, 0.25) is 0 Å². The van der Waals surface area contributed by atoms with E-state index in [2.05, 4.69) is 163 Å². The number of hydrogen-bond acceptors (Lipinski definition) is 2. The molecule has 0 radical (unpaired) electrons. The zero-order valence-corrected chi connectivity index (χ0v) is 37.0. The molecule has 296 valence electrons. The Morgan fingerprint density at radius 3 is 1.55 bits per heavy atom. The molecular formula is C56H61NS. The Morgan fingerprint density at radius 1 is 0.466 bits per heavy atom. The van der Waals surface area contributed by atoms with Crippen molar-refractivity contribution in [3.63, 3.8) is 0 Å². The summed E-state index contributed by atoms with van der Waals surface area (Å²) in [7, 11) is 0. The molecule has 6 aliphatic carbocycles. The Morgan fingerprint density at radius 2 is 0.966 bits per heavy atom. The van der Waals surface area contributed by atoms with E-state index in [9.17, 15) is 0 Å². The van der Waals surface area contributed by atoms with Gasteiger partial charge in [0.25, 0.3) is 0 Å². The third-order valence-corrected chi connectivity index (χ3v) is 19.3. The lowest BCUT2D eigenvalue weighted by atomic mass is 9.26. The van der Waals surface area contributed by atoms with E-state index in [-0.39, 0.29) is 27.1 Å². The zero-order valence-electron chi connectivity index (χ0n) is 36.1. The van der Waals surface area contributed by atoms with Crippen LogP contribution >= 0.6 is 11.8 Å². The molecule has 0 amide bonds. The van der Waals surface area contributed by atoms with E-state index in [0.717, 1.165) is 23.7 Å². The van der Waals surface area contributed by atoms with Crippen molar-refractivity contribution in [1.82, 2.24) is 0 Å². The van der Waals surface area contributed by atoms with Gasteiger partial charge in [-0.05, 0) is 201 Å². The Bertz CT molecular complexity index is 2480. The molecule has 0 N–H and O–H groups in total. The summed E-state index contributed by atoms with van der Waals surface area (Å²) in [5, 5.41) is 0. The molecule has 1 heterocycles. The molecule has 0 saturated heterocycles. The minimum absolute atomic E-state index is 0.0811. The average molecular weight is 780 g/mol. The van der Waals surface area contributed by atoms with Gasteiger partial charge in [-0.1, -0.05) is 116 Å². The van der Waals surface area contributed by atoms with Crippen molar-refractivity contribution in [2.24, 2.45) is 29.1 Å². The van der Waals surface area contributed by atoms with Crippen LogP contribution in [-0.2, 0) is 27.1 Å². The monoisotopic (exact) mass is 779 g/mol. The lowest BCUT2D eigenvalue weighted by Gasteiger charge is -2.78. The highest BCUT2D eigenvalue weighted by Crippen LogP contribution is 2.89. The van der Waals surface area contributed by atoms with Crippen molar-refractivity contribution in [1.29, 1.82) is 0 Å². The molecule has 6 atom stereocenters. The average Bonchev–Trinajstić information content (AvgIpc) is 3.74. The second kappa shape index (κ2) is 11.5. The maximum Gasteiger partial charge on any atom is 0.0465 e. The number of benzene rings is 5. The molecule has 2 bridgehead atoms. The third kappa shape index (κ3) is 4.57. The van der Waals surface area contributed by atoms with Crippen molar-refractivity contribution in [3.8, 4) is 11.1 Å². The number of anilines is 3. The zero-order chi connectivity index (χ0) is 39.8. The van der Waals surface area contributed by atoms with Crippen LogP contribution in [-0.4, -0.2) is 0 Å². The van der Waals surface area contributed by atoms with Crippen LogP contribution in [0.25, 0.3) is 11.1 Å². The number of fused-ring (bicyclic) bond motifs is 9. The molecule has 7 aliphatic rings. The SMILES string of the molecule is CC1(C)CCC(C)(C)c2cc(N(c3ccc4c(c3)C(C)(C)CCC4(C)C)c3ccc4c(c3)C3(c5cc(-c6ccccc6)ccc5S4)C4CC5CC6CC3C64C5)ccc21. The molecule has 1 nitrogen and oxygen atoms in total. The van der Waals surface area contributed by atoms with Crippen LogP contribution in [0.15, 0.2) is 113 Å². The number of nitrogens with zero attached hydrogens (tertiary/aromatic N) is 1. The largest absolute Gasteiger partial charge is 0.310 e. The van der Waals surface area contributed by atoms with Gasteiger partial charge >= 0.3 is 0 Å². The van der Waals surface area contributed by atoms with Crippen LogP contribution in [0.4, 0.5) is 17.1 Å². The van der Waals surface area contributed by atoms with Gasteiger partial charge in [-0.3, -0.25) is 0 Å². The molecule has 5 aromatic rings. The second-order valence-electron chi connectivity index (χ2n) is 22.8. The first kappa shape index (κ1) is 36.1. The smallest absolute Gasteiger partial charge is 0.0465 e. The lowest BCUT2D eigenvalue weighted by Crippen LogP contribution is -2.74. The van der Waals surface area contributed by atoms with E-state index < -0.39 is 0 Å². The summed E-state index contributed by atoms with van der Waals surface area (Å²) >= 11 is 2.04. The van der Waals surface area contributed by atoms with Crippen LogP contribution in [0.1, 0.15) is 140 Å². The minimum Gasteiger partial charge on any atom is -0.310 e. The van der Waals surface area contributed by atoms with Gasteiger partial charge < -0.3 is 4.90 Å². The summed E-state index contributed by atoms with van der Waals surface area (Å²) < 4.78 is 0. The second-order valence-corrected chi connectivity index (χ2v) is 23.8. The maximum atomic E-state index is 2.72. The van der Waals surface area contributed by atoms with Gasteiger partial charge in [-0.2, -0.15) is 0 Å². The van der Waals surface area contributed by atoms with Crippen molar-refractivity contribution in [3.05, 3.63) is 137 Å². The first-order valence-corrected chi connectivity index (χ1v) is 23.6. The number of rotatable bonds is 4. The fourth-order valence-corrected chi connectivity index (χ4v) is 16.1. The molecule has 1 aliphatic heterocycles. The standard InChI is InChI=1S/C56H61NS/c1-51(2)22-24-53(5,6)43-30-38(15-18-41(43)51)57(39-16-19-42-44(31-39)54(7,8)25-23-52(42,3)4)40-17-21-48-46(32-40)56(49-27-34-26-37-29-50(56)55(37,49)33-34)45-28-36(14-20-47(45)58-48)35-12-10-9-11-13-35/h9-21,28,30-32,34,37,49-50H,22-27,29,33H2,1-8H3. The Kier molecular flexibility index (Phi) is 7.19. The van der Waals surface area contributed by atoms with Gasteiger partial charge in [-0.25, -0.2) is 0 Å². The molecule has 12 rings (SSSR count). The minimum atomic E-state index is 0.0811. The fourth-order valence-electron chi connectivity index (χ4n) is 14.9. The molecule has 4 saturated carbocycles. The van der Waals surface area contributed by atoms with Gasteiger partial charge in [0.05, 0.1) is 0 Å². The molecule has 5 aromatic carbocycles. The quantitative estimate of drug-likeness (QED) is 0.179. The van der Waals surface area contributed by atoms with Gasteiger partial charge in [0.15, 0.2) is 0 Å². The normalized spacial score (nSPS) is 31.5. The van der Waals surface area contributed by atoms with Crippen LogP contribution in [0, 0.1) is 29.1 Å². The lowest BCUT2D eigenvalue weighted by molar-refractivity contribution is -0.235. The molecule has 4 fully saturated rings. The van der Waals surface area contributed by atoms with Gasteiger partial charge in [0.1, 0.15) is 0 Å². The molecule has 58 heavy (non-hydrogen) atoms. The third-order valence-electron chi connectivity index (χ3n) is 18.1. The highest BCUT2D eigenvalue weighted by atomic mass is 32.2. The highest BCUT2D eigenvalue weighted by Gasteiger charge is 2.84.